The number of halogens is 1. The lowest BCUT2D eigenvalue weighted by molar-refractivity contribution is -0.125. The molecule has 26 heavy (non-hydrogen) atoms. The lowest BCUT2D eigenvalue weighted by Gasteiger charge is -2.20. The summed E-state index contributed by atoms with van der Waals surface area (Å²) in [5.74, 6) is -1.07. The van der Waals surface area contributed by atoms with Crippen LogP contribution >= 0.6 is 11.3 Å². The van der Waals surface area contributed by atoms with Crippen molar-refractivity contribution in [3.05, 3.63) is 46.7 Å². The molecule has 0 aliphatic rings. The van der Waals surface area contributed by atoms with E-state index in [1.807, 2.05) is 6.92 Å². The highest BCUT2D eigenvalue weighted by Gasteiger charge is 2.26. The van der Waals surface area contributed by atoms with E-state index in [2.05, 4.69) is 10.4 Å². The molecule has 2 heterocycles. The van der Waals surface area contributed by atoms with Crippen molar-refractivity contribution in [2.75, 3.05) is 6.54 Å². The molecule has 0 aliphatic carbocycles. The van der Waals surface area contributed by atoms with Crippen molar-refractivity contribution < 1.29 is 14.0 Å². The van der Waals surface area contributed by atoms with Crippen LogP contribution in [0.4, 0.5) is 4.39 Å². The Labute approximate surface area is 153 Å². The second-order valence-corrected chi connectivity index (χ2v) is 7.76. The van der Waals surface area contributed by atoms with Crippen LogP contribution in [0.25, 0.3) is 15.9 Å². The van der Waals surface area contributed by atoms with Crippen LogP contribution in [0.15, 0.2) is 30.3 Å². The Kier molecular flexibility index (Phi) is 4.53. The van der Waals surface area contributed by atoms with Gasteiger partial charge in [-0.3, -0.25) is 9.59 Å². The number of carbonyl (C=O) groups is 2. The minimum Gasteiger partial charge on any atom is -0.369 e. The molecule has 8 heteroatoms. The average Bonchev–Trinajstić information content (AvgIpc) is 3.14. The van der Waals surface area contributed by atoms with Crippen molar-refractivity contribution in [3.8, 4) is 5.69 Å². The molecule has 0 saturated heterocycles. The van der Waals surface area contributed by atoms with E-state index >= 15 is 0 Å². The number of nitrogens with one attached hydrogen (secondary N) is 1. The normalized spacial score (nSPS) is 11.7. The first-order valence-electron chi connectivity index (χ1n) is 8.02. The van der Waals surface area contributed by atoms with Gasteiger partial charge in [-0.05, 0) is 51.1 Å². The SMILES string of the molecule is Cc1nn(-c2ccc(F)cc2)c2sc(C(=O)NCC(C)(C)C(N)=O)cc12. The zero-order valence-electron chi connectivity index (χ0n) is 14.7. The number of carbonyl (C=O) groups excluding carboxylic acids is 2. The summed E-state index contributed by atoms with van der Waals surface area (Å²) < 4.78 is 14.8. The van der Waals surface area contributed by atoms with Gasteiger partial charge in [0.2, 0.25) is 5.91 Å². The number of hydrogen-bond donors (Lipinski definition) is 2. The number of fused-ring (bicyclic) bond motifs is 1. The molecule has 3 N–H and O–H groups in total. The van der Waals surface area contributed by atoms with Crippen LogP contribution in [-0.4, -0.2) is 28.1 Å². The van der Waals surface area contributed by atoms with Gasteiger partial charge in [-0.15, -0.1) is 11.3 Å². The lowest BCUT2D eigenvalue weighted by atomic mass is 9.93. The summed E-state index contributed by atoms with van der Waals surface area (Å²) >= 11 is 1.29. The van der Waals surface area contributed by atoms with Gasteiger partial charge in [0, 0.05) is 11.9 Å². The van der Waals surface area contributed by atoms with Crippen molar-refractivity contribution in [3.63, 3.8) is 0 Å². The van der Waals surface area contributed by atoms with Crippen molar-refractivity contribution in [2.24, 2.45) is 11.1 Å². The van der Waals surface area contributed by atoms with Gasteiger partial charge in [0.15, 0.2) is 0 Å². The smallest absolute Gasteiger partial charge is 0.261 e. The molecule has 3 aromatic rings. The van der Waals surface area contributed by atoms with Gasteiger partial charge >= 0.3 is 0 Å². The Morgan fingerprint density at radius 3 is 2.58 bits per heavy atom. The topological polar surface area (TPSA) is 90.0 Å². The van der Waals surface area contributed by atoms with Crippen LogP contribution in [0, 0.1) is 18.2 Å². The molecule has 1 aromatic carbocycles. The maximum absolute atomic E-state index is 13.2. The number of aromatic nitrogens is 2. The molecule has 3 rings (SSSR count). The Bertz CT molecular complexity index is 989. The number of primary amides is 1. The van der Waals surface area contributed by atoms with Gasteiger partial charge < -0.3 is 11.1 Å². The molecule has 2 amide bonds. The van der Waals surface area contributed by atoms with Crippen LogP contribution in [0.1, 0.15) is 29.2 Å². The summed E-state index contributed by atoms with van der Waals surface area (Å²) in [6.45, 7) is 5.36. The Morgan fingerprint density at radius 1 is 1.31 bits per heavy atom. The van der Waals surface area contributed by atoms with Crippen LogP contribution in [0.3, 0.4) is 0 Å². The third kappa shape index (κ3) is 3.32. The first kappa shape index (κ1) is 18.1. The largest absolute Gasteiger partial charge is 0.369 e. The Balaban J connectivity index is 1.90. The minimum atomic E-state index is -0.826. The van der Waals surface area contributed by atoms with Crippen molar-refractivity contribution in [2.45, 2.75) is 20.8 Å². The zero-order chi connectivity index (χ0) is 19.1. The average molecular weight is 374 g/mol. The van der Waals surface area contributed by atoms with Gasteiger partial charge in [-0.2, -0.15) is 5.10 Å². The number of rotatable bonds is 5. The van der Waals surface area contributed by atoms with Crippen molar-refractivity contribution in [1.82, 2.24) is 15.1 Å². The molecular weight excluding hydrogens is 355 g/mol. The number of benzene rings is 1. The second kappa shape index (κ2) is 6.53. The number of nitrogens with zero attached hydrogens (tertiary/aromatic N) is 2. The number of thiophene rings is 1. The standard InChI is InChI=1S/C18H19FN4O2S/c1-10-13-8-14(15(24)21-9-18(2,3)17(20)25)26-16(13)23(22-10)12-6-4-11(19)5-7-12/h4-8H,9H2,1-3H3,(H2,20,25)(H,21,24). The van der Waals surface area contributed by atoms with E-state index in [9.17, 15) is 14.0 Å². The molecule has 6 nitrogen and oxygen atoms in total. The van der Waals surface area contributed by atoms with Gasteiger partial charge in [-0.25, -0.2) is 9.07 Å². The van der Waals surface area contributed by atoms with Crippen molar-refractivity contribution in [1.29, 1.82) is 0 Å². The summed E-state index contributed by atoms with van der Waals surface area (Å²) in [4.78, 5) is 25.1. The molecule has 0 bridgehead atoms. The summed E-state index contributed by atoms with van der Waals surface area (Å²) in [5, 5.41) is 8.08. The summed E-state index contributed by atoms with van der Waals surface area (Å²) in [7, 11) is 0. The van der Waals surface area contributed by atoms with Crippen molar-refractivity contribution >= 4 is 33.4 Å². The van der Waals surface area contributed by atoms with E-state index in [-0.39, 0.29) is 18.3 Å². The first-order chi connectivity index (χ1) is 12.2. The highest BCUT2D eigenvalue weighted by atomic mass is 32.1. The summed E-state index contributed by atoms with van der Waals surface area (Å²) in [6, 6.07) is 7.78. The maximum Gasteiger partial charge on any atom is 0.261 e. The van der Waals surface area contributed by atoms with Crippen LogP contribution in [0.5, 0.6) is 0 Å². The van der Waals surface area contributed by atoms with E-state index in [1.54, 1.807) is 36.7 Å². The monoisotopic (exact) mass is 374 g/mol. The highest BCUT2D eigenvalue weighted by Crippen LogP contribution is 2.30. The Morgan fingerprint density at radius 2 is 1.96 bits per heavy atom. The highest BCUT2D eigenvalue weighted by molar-refractivity contribution is 7.20. The molecular formula is C18H19FN4O2S. The minimum absolute atomic E-state index is 0.151. The van der Waals surface area contributed by atoms with E-state index in [0.29, 0.717) is 10.6 Å². The molecule has 0 fully saturated rings. The fourth-order valence-electron chi connectivity index (χ4n) is 2.39. The van der Waals surface area contributed by atoms with Gasteiger partial charge in [0.05, 0.1) is 21.7 Å². The molecule has 0 atom stereocenters. The molecule has 2 aromatic heterocycles. The molecule has 0 saturated carbocycles. The molecule has 0 spiro atoms. The fourth-order valence-corrected chi connectivity index (χ4v) is 3.49. The predicted molar refractivity (Wildman–Crippen MR) is 99.0 cm³/mol. The Hall–Kier alpha value is -2.74. The number of amides is 2. The molecule has 0 radical (unpaired) electrons. The fraction of sp³-hybridized carbons (Fsp3) is 0.278. The lowest BCUT2D eigenvalue weighted by Crippen LogP contribution is -2.42. The second-order valence-electron chi connectivity index (χ2n) is 6.73. The maximum atomic E-state index is 13.2. The van der Waals surface area contributed by atoms with E-state index in [4.69, 9.17) is 5.73 Å². The third-order valence-electron chi connectivity index (χ3n) is 4.20. The van der Waals surface area contributed by atoms with Gasteiger partial charge in [0.25, 0.3) is 5.91 Å². The number of hydrogen-bond acceptors (Lipinski definition) is 4. The zero-order valence-corrected chi connectivity index (χ0v) is 15.5. The van der Waals surface area contributed by atoms with Gasteiger partial charge in [-0.1, -0.05) is 0 Å². The number of nitrogens with two attached hydrogens (primary N) is 1. The summed E-state index contributed by atoms with van der Waals surface area (Å²) in [6.07, 6.45) is 0. The molecule has 0 aliphatic heterocycles. The van der Waals surface area contributed by atoms with Crippen LogP contribution in [0.2, 0.25) is 0 Å². The third-order valence-corrected chi connectivity index (χ3v) is 5.31. The van der Waals surface area contributed by atoms with E-state index < -0.39 is 11.3 Å². The number of aryl methyl sites for hydroxylation is 1. The summed E-state index contributed by atoms with van der Waals surface area (Å²) in [5.41, 5.74) is 5.99. The van der Waals surface area contributed by atoms with Crippen LogP contribution in [-0.2, 0) is 4.79 Å². The first-order valence-corrected chi connectivity index (χ1v) is 8.84. The molecule has 136 valence electrons. The quantitative estimate of drug-likeness (QED) is 0.719. The molecule has 0 unspecified atom stereocenters. The van der Waals surface area contributed by atoms with Gasteiger partial charge in [0.1, 0.15) is 10.6 Å². The van der Waals surface area contributed by atoms with E-state index in [1.165, 1.54) is 23.5 Å². The van der Waals surface area contributed by atoms with E-state index in [0.717, 1.165) is 15.9 Å². The predicted octanol–water partition coefficient (Wildman–Crippen LogP) is 2.78. The van der Waals surface area contributed by atoms with Crippen LogP contribution < -0.4 is 11.1 Å².